The lowest BCUT2D eigenvalue weighted by atomic mass is 9.88. The van der Waals surface area contributed by atoms with Crippen LogP contribution in [0.25, 0.3) is 11.0 Å². The Morgan fingerprint density at radius 1 is 1.18 bits per heavy atom. The van der Waals surface area contributed by atoms with Crippen molar-refractivity contribution < 1.29 is 14.0 Å². The van der Waals surface area contributed by atoms with E-state index in [2.05, 4.69) is 73.0 Å². The van der Waals surface area contributed by atoms with Gasteiger partial charge in [0.15, 0.2) is 0 Å². The molecule has 9 heteroatoms. The summed E-state index contributed by atoms with van der Waals surface area (Å²) < 4.78 is 15.9. The van der Waals surface area contributed by atoms with Gasteiger partial charge in [0.1, 0.15) is 6.17 Å². The summed E-state index contributed by atoms with van der Waals surface area (Å²) in [5.41, 5.74) is 3.05. The van der Waals surface area contributed by atoms with E-state index in [1.54, 1.807) is 12.1 Å². The highest BCUT2D eigenvalue weighted by molar-refractivity contribution is 7.14. The molecule has 1 fully saturated rings. The summed E-state index contributed by atoms with van der Waals surface area (Å²) in [7, 11) is 0. The molecule has 0 bridgehead atoms. The first kappa shape index (κ1) is 29.0. The normalized spacial score (nSPS) is 19.4. The Balaban J connectivity index is 1.61. The summed E-state index contributed by atoms with van der Waals surface area (Å²) in [6.07, 6.45) is 3.51. The fourth-order valence-electron chi connectivity index (χ4n) is 4.88. The van der Waals surface area contributed by atoms with Crippen LogP contribution in [0.2, 0.25) is 0 Å². The summed E-state index contributed by atoms with van der Waals surface area (Å²) in [6.45, 7) is 14.6. The van der Waals surface area contributed by atoms with E-state index in [1.165, 1.54) is 13.0 Å². The van der Waals surface area contributed by atoms with Gasteiger partial charge in [-0.25, -0.2) is 9.37 Å². The number of carbonyl (C=O) groups is 2. The van der Waals surface area contributed by atoms with Crippen LogP contribution in [0, 0.1) is 5.41 Å². The van der Waals surface area contributed by atoms with E-state index in [-0.39, 0.29) is 29.3 Å². The highest BCUT2D eigenvalue weighted by Crippen LogP contribution is 2.35. The molecule has 2 heterocycles. The molecule has 0 saturated heterocycles. The number of amides is 2. The molecule has 2 atom stereocenters. The average Bonchev–Trinajstić information content (AvgIpc) is 3.52. The Bertz CT molecular complexity index is 1330. The van der Waals surface area contributed by atoms with Crippen molar-refractivity contribution in [1.82, 2.24) is 20.2 Å². The summed E-state index contributed by atoms with van der Waals surface area (Å²) in [4.78, 5) is 30.8. The molecule has 39 heavy (non-hydrogen) atoms. The summed E-state index contributed by atoms with van der Waals surface area (Å²) in [5, 5.41) is 9.62. The molecule has 210 valence electrons. The van der Waals surface area contributed by atoms with Crippen LogP contribution >= 0.6 is 11.3 Å². The third kappa shape index (κ3) is 6.94. The molecular weight excluding hydrogens is 513 g/mol. The van der Waals surface area contributed by atoms with Crippen molar-refractivity contribution >= 4 is 40.1 Å². The smallest absolute Gasteiger partial charge is 0.268 e. The maximum atomic E-state index is 13.8. The van der Waals surface area contributed by atoms with E-state index in [0.29, 0.717) is 21.7 Å². The van der Waals surface area contributed by atoms with E-state index in [9.17, 15) is 14.0 Å². The standard InChI is InChI=1S/C30H40FN5O2S/c1-7-27(37)33-21-9-11-22(12-10-21)36-24-13-8-20(17-32-19(3)30(4,5)6)16-23(24)34-29(36)35-28(38)26-15-14-25(39-26)18(2)31/h7-8,13-16,18-19,21-22,32H,1,9-12,17H2,2-6H3,(H,33,37)(H,34,35,38)/t18?,19-,21?,22?/m0/s1. The largest absolute Gasteiger partial charge is 0.350 e. The van der Waals surface area contributed by atoms with Gasteiger partial charge in [0.2, 0.25) is 11.9 Å². The first-order valence-corrected chi connectivity index (χ1v) is 14.5. The molecule has 1 aliphatic carbocycles. The van der Waals surface area contributed by atoms with Gasteiger partial charge in [-0.15, -0.1) is 11.3 Å². The van der Waals surface area contributed by atoms with Gasteiger partial charge >= 0.3 is 0 Å². The average molecular weight is 554 g/mol. The molecule has 7 nitrogen and oxygen atoms in total. The van der Waals surface area contributed by atoms with Crippen LogP contribution in [-0.4, -0.2) is 33.4 Å². The predicted octanol–water partition coefficient (Wildman–Crippen LogP) is 6.69. The number of hydrogen-bond acceptors (Lipinski definition) is 5. The number of rotatable bonds is 9. The van der Waals surface area contributed by atoms with Crippen molar-refractivity contribution in [1.29, 1.82) is 0 Å². The molecule has 2 aromatic heterocycles. The number of benzene rings is 1. The summed E-state index contributed by atoms with van der Waals surface area (Å²) in [5.74, 6) is 0.0422. The Labute approximate surface area is 234 Å². The van der Waals surface area contributed by atoms with Gasteiger partial charge in [-0.05, 0) is 80.9 Å². The van der Waals surface area contributed by atoms with Crippen LogP contribution in [-0.2, 0) is 11.3 Å². The van der Waals surface area contributed by atoms with E-state index < -0.39 is 6.17 Å². The number of nitrogens with one attached hydrogen (secondary N) is 3. The minimum Gasteiger partial charge on any atom is -0.350 e. The van der Waals surface area contributed by atoms with Crippen molar-refractivity contribution in [2.24, 2.45) is 5.41 Å². The Morgan fingerprint density at radius 2 is 1.90 bits per heavy atom. The molecule has 0 spiro atoms. The second-order valence-electron chi connectivity index (χ2n) is 11.6. The van der Waals surface area contributed by atoms with Crippen molar-refractivity contribution in [3.63, 3.8) is 0 Å². The molecule has 1 unspecified atom stereocenters. The Kier molecular flexibility index (Phi) is 8.91. The number of imidazole rings is 1. The quantitative estimate of drug-likeness (QED) is 0.258. The number of thiophene rings is 1. The van der Waals surface area contributed by atoms with E-state index in [1.807, 2.05) is 0 Å². The van der Waals surface area contributed by atoms with Crippen LogP contribution in [0.4, 0.5) is 10.3 Å². The summed E-state index contributed by atoms with van der Waals surface area (Å²) >= 11 is 1.16. The third-order valence-electron chi connectivity index (χ3n) is 7.73. The molecule has 1 saturated carbocycles. The minimum absolute atomic E-state index is 0.106. The van der Waals surface area contributed by atoms with Gasteiger partial charge in [-0.3, -0.25) is 14.9 Å². The zero-order valence-corrected chi connectivity index (χ0v) is 24.3. The number of nitrogens with zero attached hydrogens (tertiary/aromatic N) is 2. The first-order chi connectivity index (χ1) is 18.5. The van der Waals surface area contributed by atoms with Gasteiger partial charge in [-0.1, -0.05) is 33.4 Å². The van der Waals surface area contributed by atoms with Crippen LogP contribution in [0.5, 0.6) is 0 Å². The molecular formula is C30H40FN5O2S. The van der Waals surface area contributed by atoms with E-state index >= 15 is 0 Å². The molecule has 3 aromatic rings. The SMILES string of the molecule is C=CC(=O)NC1CCC(n2c(NC(=O)c3ccc(C(C)F)s3)nc3cc(CN[C@@H](C)C(C)(C)C)ccc32)CC1. The fraction of sp³-hybridized carbons (Fsp3) is 0.500. The van der Waals surface area contributed by atoms with Crippen molar-refractivity contribution in [3.05, 3.63) is 58.3 Å². The minimum atomic E-state index is -1.12. The number of alkyl halides is 1. The van der Waals surface area contributed by atoms with E-state index in [0.717, 1.165) is 60.2 Å². The molecule has 0 radical (unpaired) electrons. The molecule has 0 aliphatic heterocycles. The molecule has 4 rings (SSSR count). The maximum absolute atomic E-state index is 13.8. The zero-order valence-electron chi connectivity index (χ0n) is 23.5. The second-order valence-corrected chi connectivity index (χ2v) is 12.7. The molecule has 1 aliphatic rings. The lowest BCUT2D eigenvalue weighted by Gasteiger charge is -2.31. The fourth-order valence-corrected chi connectivity index (χ4v) is 5.71. The van der Waals surface area contributed by atoms with Crippen molar-refractivity contribution in [3.8, 4) is 0 Å². The van der Waals surface area contributed by atoms with Crippen LogP contribution in [0.15, 0.2) is 43.0 Å². The summed E-state index contributed by atoms with van der Waals surface area (Å²) in [6, 6.07) is 10.1. The highest BCUT2D eigenvalue weighted by atomic mass is 32.1. The van der Waals surface area contributed by atoms with Crippen LogP contribution in [0.3, 0.4) is 0 Å². The number of hydrogen-bond donors (Lipinski definition) is 3. The first-order valence-electron chi connectivity index (χ1n) is 13.7. The monoisotopic (exact) mass is 553 g/mol. The van der Waals surface area contributed by atoms with Gasteiger partial charge in [0.05, 0.1) is 15.9 Å². The Hall–Kier alpha value is -3.04. The van der Waals surface area contributed by atoms with Gasteiger partial charge in [0.25, 0.3) is 5.91 Å². The van der Waals surface area contributed by atoms with Gasteiger partial charge in [0, 0.05) is 29.5 Å². The maximum Gasteiger partial charge on any atom is 0.268 e. The Morgan fingerprint density at radius 3 is 2.51 bits per heavy atom. The molecule has 1 aromatic carbocycles. The van der Waals surface area contributed by atoms with Gasteiger partial charge in [-0.2, -0.15) is 0 Å². The number of anilines is 1. The van der Waals surface area contributed by atoms with Crippen molar-refractivity contribution in [2.45, 2.75) is 91.1 Å². The second kappa shape index (κ2) is 12.0. The topological polar surface area (TPSA) is 88.1 Å². The number of halogens is 1. The highest BCUT2D eigenvalue weighted by Gasteiger charge is 2.28. The van der Waals surface area contributed by atoms with Crippen LogP contribution in [0.1, 0.15) is 92.6 Å². The molecule has 3 N–H and O–H groups in total. The number of carbonyl (C=O) groups excluding carboxylic acids is 2. The third-order valence-corrected chi connectivity index (χ3v) is 8.96. The lowest BCUT2D eigenvalue weighted by Crippen LogP contribution is -2.37. The number of aromatic nitrogens is 2. The van der Waals surface area contributed by atoms with E-state index in [4.69, 9.17) is 4.98 Å². The molecule has 2 amide bonds. The van der Waals surface area contributed by atoms with Crippen LogP contribution < -0.4 is 16.0 Å². The zero-order chi connectivity index (χ0) is 28.3. The van der Waals surface area contributed by atoms with Gasteiger partial charge < -0.3 is 15.2 Å². The number of fused-ring (bicyclic) bond motifs is 1. The predicted molar refractivity (Wildman–Crippen MR) is 157 cm³/mol. The van der Waals surface area contributed by atoms with Crippen molar-refractivity contribution in [2.75, 3.05) is 5.32 Å². The lowest BCUT2D eigenvalue weighted by molar-refractivity contribution is -0.117.